The summed E-state index contributed by atoms with van der Waals surface area (Å²) in [6, 6.07) is 7.47. The molecule has 0 bridgehead atoms. The zero-order valence-corrected chi connectivity index (χ0v) is 11.9. The van der Waals surface area contributed by atoms with Crippen LogP contribution in [0.5, 0.6) is 0 Å². The molecule has 0 aromatic heterocycles. The quantitative estimate of drug-likeness (QED) is 0.909. The predicted octanol–water partition coefficient (Wildman–Crippen LogP) is 2.63. The van der Waals surface area contributed by atoms with Crippen molar-refractivity contribution >= 4 is 5.91 Å². The van der Waals surface area contributed by atoms with Crippen molar-refractivity contribution in [3.8, 4) is 0 Å². The number of nitrogens with zero attached hydrogens (tertiary/aromatic N) is 1. The van der Waals surface area contributed by atoms with E-state index in [-0.39, 0.29) is 18.9 Å². The number of carbonyl (C=O) groups is 1. The number of benzene rings is 1. The largest absolute Gasteiger partial charge is 0.332 e. The molecule has 2 saturated heterocycles. The molecular weight excluding hydrogens is 274 g/mol. The number of piperidine rings is 1. The average molecular weight is 294 g/mol. The minimum atomic E-state index is -2.74. The van der Waals surface area contributed by atoms with E-state index >= 15 is 0 Å². The first kappa shape index (κ1) is 14.4. The molecule has 114 valence electrons. The molecule has 1 aromatic rings. The Morgan fingerprint density at radius 3 is 2.90 bits per heavy atom. The van der Waals surface area contributed by atoms with Gasteiger partial charge in [0.15, 0.2) is 0 Å². The van der Waals surface area contributed by atoms with Crippen LogP contribution in [0.2, 0.25) is 0 Å². The first-order valence-corrected chi connectivity index (χ1v) is 7.53. The van der Waals surface area contributed by atoms with Gasteiger partial charge in [-0.1, -0.05) is 12.1 Å². The van der Waals surface area contributed by atoms with E-state index in [1.807, 2.05) is 18.2 Å². The van der Waals surface area contributed by atoms with Crippen molar-refractivity contribution in [2.24, 2.45) is 0 Å². The Balaban J connectivity index is 1.75. The van der Waals surface area contributed by atoms with Gasteiger partial charge in [-0.05, 0) is 43.0 Å². The third-order valence-electron chi connectivity index (χ3n) is 4.36. The monoisotopic (exact) mass is 294 g/mol. The smallest absolute Gasteiger partial charge is 0.267 e. The molecule has 3 nitrogen and oxygen atoms in total. The van der Waals surface area contributed by atoms with Gasteiger partial charge in [0.2, 0.25) is 0 Å². The van der Waals surface area contributed by atoms with E-state index in [2.05, 4.69) is 5.32 Å². The van der Waals surface area contributed by atoms with E-state index in [0.717, 1.165) is 31.5 Å². The van der Waals surface area contributed by atoms with Crippen LogP contribution in [0.1, 0.15) is 41.1 Å². The van der Waals surface area contributed by atoms with Crippen molar-refractivity contribution in [2.45, 2.75) is 31.1 Å². The summed E-state index contributed by atoms with van der Waals surface area (Å²) >= 11 is 0. The van der Waals surface area contributed by atoms with Crippen molar-refractivity contribution in [3.05, 3.63) is 35.4 Å². The molecular formula is C16H20F2N2O. The SMILES string of the molecule is O=C(c1cccc(C2CCCNC2)c1)N1CCC(F)(F)C1. The van der Waals surface area contributed by atoms with Gasteiger partial charge in [0.1, 0.15) is 0 Å². The molecule has 2 aliphatic rings. The van der Waals surface area contributed by atoms with Gasteiger partial charge in [0.05, 0.1) is 6.54 Å². The number of hydrogen-bond donors (Lipinski definition) is 1. The molecule has 1 unspecified atom stereocenters. The van der Waals surface area contributed by atoms with Crippen molar-refractivity contribution in [2.75, 3.05) is 26.2 Å². The summed E-state index contributed by atoms with van der Waals surface area (Å²) in [5.74, 6) is -2.61. The fourth-order valence-electron chi connectivity index (χ4n) is 3.15. The predicted molar refractivity (Wildman–Crippen MR) is 76.8 cm³/mol. The van der Waals surface area contributed by atoms with Crippen LogP contribution in [0.15, 0.2) is 24.3 Å². The van der Waals surface area contributed by atoms with E-state index < -0.39 is 12.5 Å². The number of carbonyl (C=O) groups excluding carboxylic acids is 1. The molecule has 1 aromatic carbocycles. The van der Waals surface area contributed by atoms with Crippen molar-refractivity contribution < 1.29 is 13.6 Å². The Morgan fingerprint density at radius 1 is 1.38 bits per heavy atom. The summed E-state index contributed by atoms with van der Waals surface area (Å²) in [6.45, 7) is 1.64. The Hall–Kier alpha value is -1.49. The highest BCUT2D eigenvalue weighted by molar-refractivity contribution is 5.94. The lowest BCUT2D eigenvalue weighted by atomic mass is 9.90. The summed E-state index contributed by atoms with van der Waals surface area (Å²) in [5.41, 5.74) is 1.65. The number of rotatable bonds is 2. The molecule has 3 rings (SSSR count). The maximum atomic E-state index is 13.2. The third kappa shape index (κ3) is 3.23. The van der Waals surface area contributed by atoms with Crippen LogP contribution in [-0.2, 0) is 0 Å². The van der Waals surface area contributed by atoms with Crippen LogP contribution in [0.4, 0.5) is 8.78 Å². The maximum Gasteiger partial charge on any atom is 0.267 e. The molecule has 1 atom stereocenters. The molecule has 21 heavy (non-hydrogen) atoms. The van der Waals surface area contributed by atoms with Crippen molar-refractivity contribution in [1.29, 1.82) is 0 Å². The lowest BCUT2D eigenvalue weighted by Gasteiger charge is -2.24. The number of alkyl halides is 2. The second-order valence-corrected chi connectivity index (χ2v) is 6.00. The van der Waals surface area contributed by atoms with Gasteiger partial charge in [-0.25, -0.2) is 8.78 Å². The van der Waals surface area contributed by atoms with Gasteiger partial charge in [-0.2, -0.15) is 0 Å². The average Bonchev–Trinajstić information content (AvgIpc) is 2.88. The van der Waals surface area contributed by atoms with E-state index in [0.29, 0.717) is 11.5 Å². The summed E-state index contributed by atoms with van der Waals surface area (Å²) in [7, 11) is 0. The molecule has 0 saturated carbocycles. The molecule has 0 aliphatic carbocycles. The number of hydrogen-bond acceptors (Lipinski definition) is 2. The molecule has 2 aliphatic heterocycles. The minimum Gasteiger partial charge on any atom is -0.332 e. The fourth-order valence-corrected chi connectivity index (χ4v) is 3.15. The van der Waals surface area contributed by atoms with Crippen LogP contribution in [0.25, 0.3) is 0 Å². The normalized spacial score (nSPS) is 25.0. The van der Waals surface area contributed by atoms with Gasteiger partial charge in [0, 0.05) is 25.1 Å². The van der Waals surface area contributed by atoms with Gasteiger partial charge in [0.25, 0.3) is 11.8 Å². The van der Waals surface area contributed by atoms with E-state index in [1.54, 1.807) is 6.07 Å². The topological polar surface area (TPSA) is 32.3 Å². The standard InChI is InChI=1S/C16H20F2N2O/c17-16(18)6-8-20(11-16)15(21)13-4-1-3-12(9-13)14-5-2-7-19-10-14/h1,3-4,9,14,19H,2,5-8,10-11H2. The fraction of sp³-hybridized carbons (Fsp3) is 0.562. The van der Waals surface area contributed by atoms with Gasteiger partial charge in [-0.3, -0.25) is 4.79 Å². The third-order valence-corrected chi connectivity index (χ3v) is 4.36. The van der Waals surface area contributed by atoms with Crippen LogP contribution < -0.4 is 5.32 Å². The zero-order chi connectivity index (χ0) is 14.9. The van der Waals surface area contributed by atoms with Gasteiger partial charge in [-0.15, -0.1) is 0 Å². The van der Waals surface area contributed by atoms with Crippen molar-refractivity contribution in [3.63, 3.8) is 0 Å². The van der Waals surface area contributed by atoms with E-state index in [9.17, 15) is 13.6 Å². The first-order chi connectivity index (χ1) is 10.1. The second-order valence-electron chi connectivity index (χ2n) is 6.00. The number of amides is 1. The molecule has 1 N–H and O–H groups in total. The lowest BCUT2D eigenvalue weighted by molar-refractivity contribution is 0.0120. The molecule has 1 amide bonds. The first-order valence-electron chi connectivity index (χ1n) is 7.53. The maximum absolute atomic E-state index is 13.2. The Bertz CT molecular complexity index is 527. The highest BCUT2D eigenvalue weighted by Gasteiger charge is 2.40. The zero-order valence-electron chi connectivity index (χ0n) is 11.9. The Kier molecular flexibility index (Phi) is 3.93. The van der Waals surface area contributed by atoms with E-state index in [1.165, 1.54) is 4.90 Å². The summed E-state index contributed by atoms with van der Waals surface area (Å²) < 4.78 is 26.5. The molecule has 0 radical (unpaired) electrons. The molecule has 2 heterocycles. The number of halogens is 2. The number of likely N-dealkylation sites (tertiary alicyclic amines) is 1. The van der Waals surface area contributed by atoms with Gasteiger partial charge >= 0.3 is 0 Å². The summed E-state index contributed by atoms with van der Waals surface area (Å²) in [5, 5.41) is 3.35. The molecule has 2 fully saturated rings. The summed E-state index contributed by atoms with van der Waals surface area (Å²) in [6.07, 6.45) is 2.00. The van der Waals surface area contributed by atoms with Crippen LogP contribution in [0.3, 0.4) is 0 Å². The van der Waals surface area contributed by atoms with Gasteiger partial charge < -0.3 is 10.2 Å². The Morgan fingerprint density at radius 2 is 2.24 bits per heavy atom. The highest BCUT2D eigenvalue weighted by Crippen LogP contribution is 2.29. The second kappa shape index (κ2) is 5.72. The number of nitrogens with one attached hydrogen (secondary N) is 1. The molecule has 0 spiro atoms. The summed E-state index contributed by atoms with van der Waals surface area (Å²) in [4.78, 5) is 13.6. The van der Waals surface area contributed by atoms with Crippen LogP contribution in [0, 0.1) is 0 Å². The Labute approximate surface area is 123 Å². The molecule has 5 heteroatoms. The highest BCUT2D eigenvalue weighted by atomic mass is 19.3. The van der Waals surface area contributed by atoms with Crippen molar-refractivity contribution in [1.82, 2.24) is 10.2 Å². The lowest BCUT2D eigenvalue weighted by Crippen LogP contribution is -2.32. The van der Waals surface area contributed by atoms with Crippen LogP contribution >= 0.6 is 0 Å². The van der Waals surface area contributed by atoms with E-state index in [4.69, 9.17) is 0 Å². The van der Waals surface area contributed by atoms with Crippen LogP contribution in [-0.4, -0.2) is 42.9 Å². The minimum absolute atomic E-state index is 0.140.